The van der Waals surface area contributed by atoms with Crippen molar-refractivity contribution >= 4 is 28.2 Å². The maximum atomic E-state index is 12.2. The normalized spacial score (nSPS) is 10.4. The zero-order valence-corrected chi connectivity index (χ0v) is 13.4. The second kappa shape index (κ2) is 6.10. The quantitative estimate of drug-likeness (QED) is 0.865. The van der Waals surface area contributed by atoms with E-state index in [4.69, 9.17) is 4.74 Å². The Kier molecular flexibility index (Phi) is 4.41. The Labute approximate surface area is 130 Å². The fraction of sp³-hybridized carbons (Fsp3) is 0.286. The maximum Gasteiger partial charge on any atom is 0.341 e. The van der Waals surface area contributed by atoms with Gasteiger partial charge in [0.2, 0.25) is 0 Å². The Morgan fingerprint density at radius 3 is 2.59 bits per heavy atom. The molecule has 0 bridgehead atoms. The van der Waals surface area contributed by atoms with Crippen LogP contribution in [-0.4, -0.2) is 28.8 Å². The van der Waals surface area contributed by atoms with Gasteiger partial charge in [0.15, 0.2) is 0 Å². The molecule has 0 aliphatic carbocycles. The van der Waals surface area contributed by atoms with E-state index in [0.29, 0.717) is 10.6 Å². The number of anilines is 1. The van der Waals surface area contributed by atoms with Gasteiger partial charge >= 0.3 is 5.97 Å². The molecule has 2 heterocycles. The van der Waals surface area contributed by atoms with Gasteiger partial charge in [0.25, 0.3) is 11.5 Å². The van der Waals surface area contributed by atoms with Crippen LogP contribution in [0.2, 0.25) is 0 Å². The summed E-state index contributed by atoms with van der Waals surface area (Å²) in [6.45, 7) is 3.64. The number of carbonyl (C=O) groups excluding carboxylic acids is 2. The number of thiophene rings is 1. The third-order valence-corrected chi connectivity index (χ3v) is 4.32. The predicted molar refractivity (Wildman–Crippen MR) is 82.6 cm³/mol. The Hall–Kier alpha value is -2.48. The minimum atomic E-state index is -0.509. The van der Waals surface area contributed by atoms with Crippen molar-refractivity contribution in [1.29, 1.82) is 0 Å². The molecule has 22 heavy (non-hydrogen) atoms. The number of esters is 1. The van der Waals surface area contributed by atoms with Gasteiger partial charge in [-0.3, -0.25) is 9.59 Å². The molecule has 8 heteroatoms. The molecule has 0 atom stereocenters. The number of nitrogens with one attached hydrogen (secondary N) is 1. The molecule has 2 aromatic heterocycles. The van der Waals surface area contributed by atoms with Gasteiger partial charge in [0.05, 0.1) is 12.7 Å². The first kappa shape index (κ1) is 15.9. The highest BCUT2D eigenvalue weighted by Crippen LogP contribution is 2.33. The molecule has 0 aliphatic rings. The summed E-state index contributed by atoms with van der Waals surface area (Å²) in [5.74, 6) is -1.01. The summed E-state index contributed by atoms with van der Waals surface area (Å²) < 4.78 is 5.82. The first-order valence-electron chi connectivity index (χ1n) is 6.39. The lowest BCUT2D eigenvalue weighted by atomic mass is 10.1. The second-order valence-corrected chi connectivity index (χ2v) is 5.84. The molecule has 0 saturated heterocycles. The van der Waals surface area contributed by atoms with Gasteiger partial charge in [0, 0.05) is 18.0 Å². The maximum absolute atomic E-state index is 12.2. The Morgan fingerprint density at radius 2 is 2.00 bits per heavy atom. The van der Waals surface area contributed by atoms with Gasteiger partial charge in [0.1, 0.15) is 10.7 Å². The van der Waals surface area contributed by atoms with Gasteiger partial charge in [-0.25, -0.2) is 9.48 Å². The van der Waals surface area contributed by atoms with Crippen molar-refractivity contribution in [2.24, 2.45) is 7.05 Å². The average Bonchev–Trinajstić information content (AvgIpc) is 2.75. The van der Waals surface area contributed by atoms with Crippen LogP contribution in [-0.2, 0) is 11.8 Å². The highest BCUT2D eigenvalue weighted by molar-refractivity contribution is 7.16. The molecular formula is C14H15N3O4S. The number of aromatic nitrogens is 2. The summed E-state index contributed by atoms with van der Waals surface area (Å²) in [6, 6.07) is 2.59. The number of ether oxygens (including phenoxy) is 1. The molecular weight excluding hydrogens is 306 g/mol. The van der Waals surface area contributed by atoms with E-state index in [9.17, 15) is 14.4 Å². The van der Waals surface area contributed by atoms with E-state index in [1.807, 2.05) is 6.92 Å². The summed E-state index contributed by atoms with van der Waals surface area (Å²) in [7, 11) is 2.74. The van der Waals surface area contributed by atoms with E-state index in [1.54, 1.807) is 6.92 Å². The van der Waals surface area contributed by atoms with Crippen molar-refractivity contribution in [3.63, 3.8) is 0 Å². The molecule has 0 spiro atoms. The monoisotopic (exact) mass is 321 g/mol. The molecule has 1 N–H and O–H groups in total. The minimum Gasteiger partial charge on any atom is -0.465 e. The molecule has 0 fully saturated rings. The van der Waals surface area contributed by atoms with Crippen LogP contribution < -0.4 is 10.9 Å². The Bertz CT molecular complexity index is 807. The summed E-state index contributed by atoms with van der Waals surface area (Å²) in [5, 5.41) is 6.93. The lowest BCUT2D eigenvalue weighted by Crippen LogP contribution is -2.23. The van der Waals surface area contributed by atoms with E-state index >= 15 is 0 Å². The standard InChI is InChI=1S/C14H15N3O4S/c1-7-8(2)22-13(11(7)14(20)21-4)15-12(19)9-5-6-10(18)17(3)16-9/h5-6H,1-4H3,(H,15,19). The molecule has 0 aromatic carbocycles. The SMILES string of the molecule is COC(=O)c1c(NC(=O)c2ccc(=O)n(C)n2)sc(C)c1C. The molecule has 0 aliphatic heterocycles. The van der Waals surface area contributed by atoms with E-state index < -0.39 is 11.9 Å². The Balaban J connectivity index is 2.36. The van der Waals surface area contributed by atoms with Crippen LogP contribution in [0.3, 0.4) is 0 Å². The third kappa shape index (κ3) is 2.91. The minimum absolute atomic E-state index is 0.0848. The molecule has 2 rings (SSSR count). The molecule has 116 valence electrons. The number of aryl methyl sites for hydroxylation is 2. The van der Waals surface area contributed by atoms with Crippen molar-refractivity contribution in [3.05, 3.63) is 44.2 Å². The predicted octanol–water partition coefficient (Wildman–Crippen LogP) is 1.50. The highest BCUT2D eigenvalue weighted by atomic mass is 32.1. The van der Waals surface area contributed by atoms with Crippen LogP contribution in [0, 0.1) is 13.8 Å². The van der Waals surface area contributed by atoms with E-state index in [0.717, 1.165) is 15.1 Å². The summed E-state index contributed by atoms with van der Waals surface area (Å²) >= 11 is 1.29. The van der Waals surface area contributed by atoms with Crippen molar-refractivity contribution in [3.8, 4) is 0 Å². The fourth-order valence-electron chi connectivity index (χ4n) is 1.85. The number of rotatable bonds is 3. The zero-order valence-electron chi connectivity index (χ0n) is 12.6. The third-order valence-electron chi connectivity index (χ3n) is 3.19. The van der Waals surface area contributed by atoms with Gasteiger partial charge < -0.3 is 10.1 Å². The number of hydrogen-bond acceptors (Lipinski definition) is 6. The van der Waals surface area contributed by atoms with Crippen LogP contribution >= 0.6 is 11.3 Å². The molecule has 1 amide bonds. The Morgan fingerprint density at radius 1 is 1.32 bits per heavy atom. The van der Waals surface area contributed by atoms with Crippen molar-refractivity contribution < 1.29 is 14.3 Å². The van der Waals surface area contributed by atoms with E-state index in [1.165, 1.54) is 37.6 Å². The summed E-state index contributed by atoms with van der Waals surface area (Å²) in [4.78, 5) is 36.3. The molecule has 0 saturated carbocycles. The van der Waals surface area contributed by atoms with Gasteiger partial charge in [-0.05, 0) is 25.5 Å². The largest absolute Gasteiger partial charge is 0.465 e. The topological polar surface area (TPSA) is 90.3 Å². The first-order chi connectivity index (χ1) is 10.3. The number of amides is 1. The second-order valence-electron chi connectivity index (χ2n) is 4.61. The van der Waals surface area contributed by atoms with E-state index in [2.05, 4.69) is 10.4 Å². The number of nitrogens with zero attached hydrogens (tertiary/aromatic N) is 2. The summed E-state index contributed by atoms with van der Waals surface area (Å²) in [5.41, 5.74) is 0.875. The van der Waals surface area contributed by atoms with Gasteiger partial charge in [-0.1, -0.05) is 0 Å². The smallest absolute Gasteiger partial charge is 0.341 e. The summed E-state index contributed by atoms with van der Waals surface area (Å²) in [6.07, 6.45) is 0. The van der Waals surface area contributed by atoms with Crippen LogP contribution in [0.15, 0.2) is 16.9 Å². The molecule has 2 aromatic rings. The first-order valence-corrected chi connectivity index (χ1v) is 7.20. The number of methoxy groups -OCH3 is 1. The fourth-order valence-corrected chi connectivity index (χ4v) is 2.90. The van der Waals surface area contributed by atoms with Crippen LogP contribution in [0.5, 0.6) is 0 Å². The van der Waals surface area contributed by atoms with Crippen LogP contribution in [0.4, 0.5) is 5.00 Å². The average molecular weight is 321 g/mol. The van der Waals surface area contributed by atoms with Gasteiger partial charge in [-0.2, -0.15) is 5.10 Å². The zero-order chi connectivity index (χ0) is 16.4. The van der Waals surface area contributed by atoms with Crippen molar-refractivity contribution in [2.45, 2.75) is 13.8 Å². The van der Waals surface area contributed by atoms with E-state index in [-0.39, 0.29) is 11.3 Å². The van der Waals surface area contributed by atoms with Crippen LogP contribution in [0.25, 0.3) is 0 Å². The molecule has 0 radical (unpaired) electrons. The highest BCUT2D eigenvalue weighted by Gasteiger charge is 2.22. The number of carbonyl (C=O) groups is 2. The van der Waals surface area contributed by atoms with Crippen LogP contribution in [0.1, 0.15) is 31.3 Å². The molecule has 0 unspecified atom stereocenters. The number of hydrogen-bond donors (Lipinski definition) is 1. The van der Waals surface area contributed by atoms with Crippen molar-refractivity contribution in [1.82, 2.24) is 9.78 Å². The van der Waals surface area contributed by atoms with Gasteiger partial charge in [-0.15, -0.1) is 11.3 Å². The lowest BCUT2D eigenvalue weighted by Gasteiger charge is -2.06. The van der Waals surface area contributed by atoms with Crippen molar-refractivity contribution in [2.75, 3.05) is 12.4 Å². The lowest BCUT2D eigenvalue weighted by molar-refractivity contribution is 0.0601. The molecule has 7 nitrogen and oxygen atoms in total.